The predicted octanol–water partition coefficient (Wildman–Crippen LogP) is 5.42. The van der Waals surface area contributed by atoms with Gasteiger partial charge in [0.15, 0.2) is 0 Å². The molecule has 0 spiro atoms. The standard InChI is InChI=1S/C32H36N4O3/c1-6-19-15(2)23-11-25-16(3)20(8-7-9-37)31(35-25)21-10-29(39)30-18(5)26(36-32(21)30)13-28-22(14-38)17(4)24(34-28)12-27(19)33-23/h11-13,16,20,35,37-39H,6-10,14H2,1-5H3. The van der Waals surface area contributed by atoms with Gasteiger partial charge in [-0.1, -0.05) is 13.8 Å². The minimum Gasteiger partial charge on any atom is -0.511 e. The Kier molecular flexibility index (Phi) is 6.31. The molecule has 0 radical (unpaired) electrons. The molecule has 5 aliphatic heterocycles. The molecule has 7 nitrogen and oxygen atoms in total. The minimum absolute atomic E-state index is 0.121. The van der Waals surface area contributed by atoms with Crippen molar-refractivity contribution in [2.45, 2.75) is 60.3 Å². The second kappa shape index (κ2) is 9.57. The maximum atomic E-state index is 11.1. The molecule has 4 N–H and O–H groups in total. The van der Waals surface area contributed by atoms with Gasteiger partial charge in [-0.3, -0.25) is 0 Å². The Hall–Kier alpha value is -3.55. The van der Waals surface area contributed by atoms with Crippen molar-refractivity contribution >= 4 is 17.1 Å². The summed E-state index contributed by atoms with van der Waals surface area (Å²) >= 11 is 0. The van der Waals surface area contributed by atoms with Gasteiger partial charge in [-0.05, 0) is 80.6 Å². The van der Waals surface area contributed by atoms with Gasteiger partial charge in [-0.2, -0.15) is 0 Å². The molecule has 0 aromatic carbocycles. The number of nitrogens with zero attached hydrogens (tertiary/aromatic N) is 3. The SMILES string of the molecule is CCC1=C(C)C2=NC1=CC1=NC(=CC3=C(C)C4=C(O)CC(=C5NC(=C2)C(C)C5CCCO)C4=N3)C(CO)=C1C. The Morgan fingerprint density at radius 3 is 2.31 bits per heavy atom. The molecule has 6 aliphatic rings. The molecule has 1 saturated heterocycles. The van der Waals surface area contributed by atoms with Crippen molar-refractivity contribution in [3.63, 3.8) is 0 Å². The Balaban J connectivity index is 1.62. The third-order valence-electron chi connectivity index (χ3n) is 9.01. The van der Waals surface area contributed by atoms with Gasteiger partial charge in [-0.15, -0.1) is 0 Å². The molecule has 1 aliphatic carbocycles. The summed E-state index contributed by atoms with van der Waals surface area (Å²) in [5, 5.41) is 34.7. The molecule has 2 atom stereocenters. The second-order valence-corrected chi connectivity index (χ2v) is 11.1. The topological polar surface area (TPSA) is 110 Å². The van der Waals surface area contributed by atoms with E-state index in [1.54, 1.807) is 0 Å². The van der Waals surface area contributed by atoms with Gasteiger partial charge in [-0.25, -0.2) is 15.0 Å². The zero-order valence-corrected chi connectivity index (χ0v) is 23.3. The van der Waals surface area contributed by atoms with E-state index in [0.29, 0.717) is 24.3 Å². The van der Waals surface area contributed by atoms with Crippen molar-refractivity contribution in [3.8, 4) is 0 Å². The van der Waals surface area contributed by atoms with Crippen LogP contribution in [0.3, 0.4) is 0 Å². The van der Waals surface area contributed by atoms with Crippen molar-refractivity contribution in [1.29, 1.82) is 0 Å². The summed E-state index contributed by atoms with van der Waals surface area (Å²) in [6.45, 7) is 10.5. The fourth-order valence-corrected chi connectivity index (χ4v) is 6.67. The van der Waals surface area contributed by atoms with E-state index in [4.69, 9.17) is 15.0 Å². The Morgan fingerprint density at radius 1 is 0.923 bits per heavy atom. The normalized spacial score (nSPS) is 25.9. The molecule has 6 rings (SSSR count). The average Bonchev–Trinajstić information content (AvgIpc) is 3.65. The number of nitrogens with one attached hydrogen (secondary N) is 1. The van der Waals surface area contributed by atoms with E-state index >= 15 is 0 Å². The van der Waals surface area contributed by atoms with Crippen molar-refractivity contribution < 1.29 is 15.3 Å². The summed E-state index contributed by atoms with van der Waals surface area (Å²) in [6, 6.07) is 0. The van der Waals surface area contributed by atoms with Gasteiger partial charge in [0, 0.05) is 53.0 Å². The lowest BCUT2D eigenvalue weighted by molar-refractivity contribution is 0.271. The predicted molar refractivity (Wildman–Crippen MR) is 155 cm³/mol. The summed E-state index contributed by atoms with van der Waals surface area (Å²) in [5.41, 5.74) is 13.9. The number of hydrogen-bond donors (Lipinski definition) is 4. The number of rotatable bonds is 5. The van der Waals surface area contributed by atoms with Crippen LogP contribution in [0, 0.1) is 11.8 Å². The molecule has 202 valence electrons. The molecule has 5 heterocycles. The summed E-state index contributed by atoms with van der Waals surface area (Å²) in [7, 11) is 0. The highest BCUT2D eigenvalue weighted by molar-refractivity contribution is 6.21. The van der Waals surface area contributed by atoms with E-state index < -0.39 is 0 Å². The van der Waals surface area contributed by atoms with Gasteiger partial charge in [0.2, 0.25) is 0 Å². The zero-order valence-electron chi connectivity index (χ0n) is 23.3. The monoisotopic (exact) mass is 524 g/mol. The molecule has 39 heavy (non-hydrogen) atoms. The second-order valence-electron chi connectivity index (χ2n) is 11.1. The lowest BCUT2D eigenvalue weighted by Crippen LogP contribution is -2.15. The number of hydrogen-bond acceptors (Lipinski definition) is 7. The van der Waals surface area contributed by atoms with Crippen LogP contribution in [0.2, 0.25) is 0 Å². The lowest BCUT2D eigenvalue weighted by Gasteiger charge is -2.17. The molecule has 2 unspecified atom stereocenters. The van der Waals surface area contributed by atoms with Crippen LogP contribution in [0.15, 0.2) is 106 Å². The molecule has 8 bridgehead atoms. The first-order chi connectivity index (χ1) is 18.8. The van der Waals surface area contributed by atoms with E-state index in [-0.39, 0.29) is 25.0 Å². The first-order valence-electron chi connectivity index (χ1n) is 13.9. The number of aliphatic imine (C=N–C) groups is 3. The van der Waals surface area contributed by atoms with Crippen LogP contribution >= 0.6 is 0 Å². The summed E-state index contributed by atoms with van der Waals surface area (Å²) < 4.78 is 0. The zero-order chi connectivity index (χ0) is 27.6. The Morgan fingerprint density at radius 2 is 1.62 bits per heavy atom. The molecule has 0 saturated carbocycles. The van der Waals surface area contributed by atoms with Gasteiger partial charge >= 0.3 is 0 Å². The molecule has 0 aromatic rings. The van der Waals surface area contributed by atoms with Crippen LogP contribution in [0.1, 0.15) is 60.3 Å². The number of aliphatic hydroxyl groups excluding tert-OH is 3. The summed E-state index contributed by atoms with van der Waals surface area (Å²) in [5.74, 6) is 0.705. The number of fused-ring (bicyclic) bond motifs is 5. The van der Waals surface area contributed by atoms with Gasteiger partial charge in [0.25, 0.3) is 0 Å². The molecular weight excluding hydrogens is 488 g/mol. The molecular formula is C32H36N4O3. The lowest BCUT2D eigenvalue weighted by atomic mass is 9.86. The third-order valence-corrected chi connectivity index (χ3v) is 9.01. The Labute approximate surface area is 229 Å². The van der Waals surface area contributed by atoms with Crippen LogP contribution in [0.25, 0.3) is 0 Å². The van der Waals surface area contributed by atoms with Crippen LogP contribution < -0.4 is 5.32 Å². The minimum atomic E-state index is -0.121. The summed E-state index contributed by atoms with van der Waals surface area (Å²) in [4.78, 5) is 15.0. The van der Waals surface area contributed by atoms with Crippen LogP contribution in [0.4, 0.5) is 0 Å². The Bertz CT molecular complexity index is 1550. The van der Waals surface area contributed by atoms with Crippen molar-refractivity contribution in [2.24, 2.45) is 26.8 Å². The average molecular weight is 525 g/mol. The first kappa shape index (κ1) is 25.7. The van der Waals surface area contributed by atoms with Gasteiger partial charge in [0.1, 0.15) is 5.76 Å². The van der Waals surface area contributed by atoms with Gasteiger partial charge in [0.05, 0.1) is 40.8 Å². The van der Waals surface area contributed by atoms with Gasteiger partial charge < -0.3 is 20.6 Å². The van der Waals surface area contributed by atoms with Crippen molar-refractivity contribution in [2.75, 3.05) is 13.2 Å². The largest absolute Gasteiger partial charge is 0.511 e. The smallest absolute Gasteiger partial charge is 0.106 e. The summed E-state index contributed by atoms with van der Waals surface area (Å²) in [6.07, 6.45) is 8.96. The van der Waals surface area contributed by atoms with E-state index in [9.17, 15) is 15.3 Å². The maximum Gasteiger partial charge on any atom is 0.106 e. The van der Waals surface area contributed by atoms with Crippen LogP contribution in [-0.4, -0.2) is 45.7 Å². The van der Waals surface area contributed by atoms with Crippen molar-refractivity contribution in [1.82, 2.24) is 5.32 Å². The van der Waals surface area contributed by atoms with E-state index in [1.165, 1.54) is 5.57 Å². The van der Waals surface area contributed by atoms with Crippen LogP contribution in [-0.2, 0) is 0 Å². The van der Waals surface area contributed by atoms with E-state index in [2.05, 4.69) is 32.2 Å². The van der Waals surface area contributed by atoms with E-state index in [0.717, 1.165) is 86.2 Å². The highest BCUT2D eigenvalue weighted by atomic mass is 16.3. The third kappa shape index (κ3) is 3.90. The fourth-order valence-electron chi connectivity index (χ4n) is 6.67. The van der Waals surface area contributed by atoms with Crippen molar-refractivity contribution in [3.05, 3.63) is 91.5 Å². The number of allylic oxidation sites excluding steroid dienone is 11. The highest BCUT2D eigenvalue weighted by Crippen LogP contribution is 2.46. The van der Waals surface area contributed by atoms with E-state index in [1.807, 2.05) is 26.0 Å². The molecule has 7 heteroatoms. The quantitative estimate of drug-likeness (QED) is 0.385. The molecule has 1 fully saturated rings. The fraction of sp³-hybridized carbons (Fsp3) is 0.406. The highest BCUT2D eigenvalue weighted by Gasteiger charge is 2.41. The first-order valence-corrected chi connectivity index (χ1v) is 13.9. The number of aliphatic hydroxyl groups is 3. The molecule has 0 amide bonds. The van der Waals surface area contributed by atoms with Crippen LogP contribution in [0.5, 0.6) is 0 Å². The maximum absolute atomic E-state index is 11.1. The molecule has 0 aromatic heterocycles.